The molecule has 5 aromatic heterocycles. The molecule has 19 aromatic rings. The smallest absolute Gasteiger partial charge is 0.235 e. The summed E-state index contributed by atoms with van der Waals surface area (Å²) in [5.41, 5.74) is 25.4. The highest BCUT2D eigenvalue weighted by atomic mass is 15.2. The molecule has 0 atom stereocenters. The summed E-state index contributed by atoms with van der Waals surface area (Å²) in [5.74, 6) is 1.36. The zero-order valence-corrected chi connectivity index (χ0v) is 53.8. The van der Waals surface area contributed by atoms with Crippen molar-refractivity contribution in [2.24, 2.45) is 0 Å². The first-order valence-corrected chi connectivity index (χ1v) is 33.5. The molecule has 0 saturated heterocycles. The standard InChI is InChI=1S/C52H34N4.C40H27N3/c1-4-14-35(15-5-1)39-30-40(36-16-6-2-7-17-36)32-41(31-39)47-28-29-53-52(54-47)56-49-23-13-11-21-44(49)46-34-38(25-27-51(46)56)37-24-26-50-45(33-37)43-20-10-12-22-48(43)55(50)42-18-8-3-9-19-42;1-3-11-30(12-4-1)36-27-37(31-13-5-2-6-14-31)42-40(41-36)32-21-19-28(20-22-32)29-23-25-33(26-24-29)43-38-17-9-7-15-34(38)35-16-8-10-18-39(35)43/h1-34H;1-27H. The second kappa shape index (κ2) is 25.1. The second-order valence-electron chi connectivity index (χ2n) is 25.0. The van der Waals surface area contributed by atoms with Gasteiger partial charge in [-0.25, -0.2) is 19.9 Å². The molecule has 0 saturated carbocycles. The van der Waals surface area contributed by atoms with Gasteiger partial charge in [-0.1, -0.05) is 261 Å². The molecule has 14 aromatic carbocycles. The fraction of sp³-hybridized carbons (Fsp3) is 0. The Bertz CT molecular complexity index is 6010. The Morgan fingerprint density at radius 1 is 0.182 bits per heavy atom. The van der Waals surface area contributed by atoms with Crippen LogP contribution in [0.1, 0.15) is 0 Å². The van der Waals surface area contributed by atoms with Gasteiger partial charge in [0.2, 0.25) is 5.95 Å². The van der Waals surface area contributed by atoms with E-state index < -0.39 is 0 Å². The predicted molar refractivity (Wildman–Crippen MR) is 411 cm³/mol. The van der Waals surface area contributed by atoms with E-state index in [2.05, 4.69) is 335 Å². The van der Waals surface area contributed by atoms with Crippen LogP contribution in [0.25, 0.3) is 172 Å². The minimum absolute atomic E-state index is 0.642. The van der Waals surface area contributed by atoms with Crippen LogP contribution < -0.4 is 0 Å². The van der Waals surface area contributed by atoms with Crippen LogP contribution in [0.4, 0.5) is 0 Å². The lowest BCUT2D eigenvalue weighted by atomic mass is 9.95. The van der Waals surface area contributed by atoms with Gasteiger partial charge >= 0.3 is 0 Å². The van der Waals surface area contributed by atoms with Gasteiger partial charge in [0.25, 0.3) is 0 Å². The van der Waals surface area contributed by atoms with Crippen molar-refractivity contribution in [1.82, 2.24) is 33.6 Å². The van der Waals surface area contributed by atoms with E-state index in [0.717, 1.165) is 89.2 Å². The number of para-hydroxylation sites is 5. The monoisotopic (exact) mass is 1260 g/mol. The van der Waals surface area contributed by atoms with E-state index in [9.17, 15) is 0 Å². The fourth-order valence-corrected chi connectivity index (χ4v) is 14.3. The lowest BCUT2D eigenvalue weighted by molar-refractivity contribution is 0.992. The third-order valence-corrected chi connectivity index (χ3v) is 19.0. The van der Waals surface area contributed by atoms with E-state index in [1.54, 1.807) is 0 Å². The lowest BCUT2D eigenvalue weighted by Gasteiger charge is -2.12. The molecule has 99 heavy (non-hydrogen) atoms. The molecule has 0 fully saturated rings. The zero-order chi connectivity index (χ0) is 65.6. The molecule has 7 nitrogen and oxygen atoms in total. The van der Waals surface area contributed by atoms with E-state index >= 15 is 0 Å². The molecular formula is C92H61N7. The van der Waals surface area contributed by atoms with Crippen LogP contribution in [0.2, 0.25) is 0 Å². The third-order valence-electron chi connectivity index (χ3n) is 19.0. The molecule has 7 heteroatoms. The van der Waals surface area contributed by atoms with Gasteiger partial charge in [0.15, 0.2) is 5.82 Å². The van der Waals surface area contributed by atoms with E-state index in [0.29, 0.717) is 11.8 Å². The summed E-state index contributed by atoms with van der Waals surface area (Å²) in [5, 5.41) is 7.35. The van der Waals surface area contributed by atoms with Crippen LogP contribution in [-0.2, 0) is 0 Å². The molecule has 464 valence electrons. The Balaban J connectivity index is 0.000000148. The maximum absolute atomic E-state index is 5.28. The van der Waals surface area contributed by atoms with Gasteiger partial charge in [-0.15, -0.1) is 0 Å². The Labute approximate surface area is 572 Å². The zero-order valence-electron chi connectivity index (χ0n) is 53.8. The van der Waals surface area contributed by atoms with Crippen molar-refractivity contribution in [3.05, 3.63) is 370 Å². The van der Waals surface area contributed by atoms with Crippen molar-refractivity contribution >= 4 is 65.4 Å². The molecule has 0 N–H and O–H groups in total. The molecule has 0 aliphatic heterocycles. The van der Waals surface area contributed by atoms with Gasteiger partial charge in [0.05, 0.1) is 50.2 Å². The van der Waals surface area contributed by atoms with Gasteiger partial charge in [-0.05, 0) is 148 Å². The molecular weight excluding hydrogens is 1200 g/mol. The Morgan fingerprint density at radius 3 is 0.990 bits per heavy atom. The first kappa shape index (κ1) is 58.2. The Morgan fingerprint density at radius 2 is 0.515 bits per heavy atom. The minimum atomic E-state index is 0.642. The summed E-state index contributed by atoms with van der Waals surface area (Å²) >= 11 is 0. The lowest BCUT2D eigenvalue weighted by Crippen LogP contribution is -2.01. The van der Waals surface area contributed by atoms with Crippen molar-refractivity contribution in [2.75, 3.05) is 0 Å². The van der Waals surface area contributed by atoms with E-state index in [1.807, 2.05) is 48.7 Å². The maximum Gasteiger partial charge on any atom is 0.235 e. The molecule has 0 spiro atoms. The first-order chi connectivity index (χ1) is 49.1. The molecule has 19 rings (SSSR count). The third kappa shape index (κ3) is 10.9. The van der Waals surface area contributed by atoms with E-state index in [-0.39, 0.29) is 0 Å². The molecule has 0 aliphatic carbocycles. The van der Waals surface area contributed by atoms with Crippen LogP contribution in [-0.4, -0.2) is 33.6 Å². The fourth-order valence-electron chi connectivity index (χ4n) is 14.3. The van der Waals surface area contributed by atoms with Crippen LogP contribution in [0, 0.1) is 0 Å². The molecule has 0 unspecified atom stereocenters. The Hall–Kier alpha value is -13.4. The van der Waals surface area contributed by atoms with Crippen LogP contribution >= 0.6 is 0 Å². The molecule has 5 heterocycles. The van der Waals surface area contributed by atoms with Crippen LogP contribution in [0.3, 0.4) is 0 Å². The van der Waals surface area contributed by atoms with Crippen molar-refractivity contribution in [2.45, 2.75) is 0 Å². The number of hydrogen-bond acceptors (Lipinski definition) is 4. The van der Waals surface area contributed by atoms with E-state index in [1.165, 1.54) is 71.4 Å². The summed E-state index contributed by atoms with van der Waals surface area (Å²) < 4.78 is 6.91. The predicted octanol–water partition coefficient (Wildman–Crippen LogP) is 23.6. The largest absolute Gasteiger partial charge is 0.309 e. The molecule has 0 aliphatic rings. The van der Waals surface area contributed by atoms with Gasteiger partial charge in [-0.2, -0.15) is 0 Å². The number of benzene rings is 14. The summed E-state index contributed by atoms with van der Waals surface area (Å²) in [7, 11) is 0. The summed E-state index contributed by atoms with van der Waals surface area (Å²) in [6, 6.07) is 129. The topological polar surface area (TPSA) is 66.3 Å². The quantitative estimate of drug-likeness (QED) is 0.129. The first-order valence-electron chi connectivity index (χ1n) is 33.5. The average Bonchev–Trinajstić information content (AvgIpc) is 1.62. The van der Waals surface area contributed by atoms with Crippen molar-refractivity contribution < 1.29 is 0 Å². The molecule has 0 bridgehead atoms. The highest BCUT2D eigenvalue weighted by Gasteiger charge is 2.20. The highest BCUT2D eigenvalue weighted by molar-refractivity contribution is 6.13. The van der Waals surface area contributed by atoms with Gasteiger partial charge < -0.3 is 9.13 Å². The van der Waals surface area contributed by atoms with Crippen molar-refractivity contribution in [3.8, 4) is 107 Å². The summed E-state index contributed by atoms with van der Waals surface area (Å²) in [6.07, 6.45) is 1.88. The maximum atomic E-state index is 5.28. The normalized spacial score (nSPS) is 11.4. The number of fused-ring (bicyclic) bond motifs is 9. The van der Waals surface area contributed by atoms with Crippen molar-refractivity contribution in [3.63, 3.8) is 0 Å². The average molecular weight is 1260 g/mol. The van der Waals surface area contributed by atoms with Gasteiger partial charge in [-0.3, -0.25) is 4.57 Å². The highest BCUT2D eigenvalue weighted by Crippen LogP contribution is 2.41. The second-order valence-corrected chi connectivity index (χ2v) is 25.0. The number of rotatable bonds is 11. The van der Waals surface area contributed by atoms with E-state index in [4.69, 9.17) is 19.9 Å². The van der Waals surface area contributed by atoms with Crippen LogP contribution in [0.5, 0.6) is 0 Å². The number of hydrogen-bond donors (Lipinski definition) is 0. The molecule has 0 amide bonds. The summed E-state index contributed by atoms with van der Waals surface area (Å²) in [6.45, 7) is 0. The Kier molecular flexibility index (Phi) is 14.8. The minimum Gasteiger partial charge on any atom is -0.309 e. The SMILES string of the molecule is c1ccc(-c2cc(-c3ccccc3)cc(-c3ccnc(-n4c5ccccc5c5cc(-c6ccc7c(c6)c6ccccc6n7-c6ccccc6)ccc54)n3)c2)cc1.c1ccc(-c2cc(-c3ccccc3)nc(-c3ccc(-c4ccc(-n5c6ccccc6c6ccccc65)cc4)cc3)n2)cc1. The number of nitrogens with zero attached hydrogens (tertiary/aromatic N) is 7. The van der Waals surface area contributed by atoms with Crippen molar-refractivity contribution in [1.29, 1.82) is 0 Å². The number of aromatic nitrogens is 7. The molecule has 0 radical (unpaired) electrons. The van der Waals surface area contributed by atoms with Gasteiger partial charge in [0.1, 0.15) is 0 Å². The summed E-state index contributed by atoms with van der Waals surface area (Å²) in [4.78, 5) is 20.1. The van der Waals surface area contributed by atoms with Gasteiger partial charge in [0, 0.05) is 72.1 Å². The van der Waals surface area contributed by atoms with Crippen LogP contribution in [0.15, 0.2) is 370 Å².